The van der Waals surface area contributed by atoms with Gasteiger partial charge in [0.1, 0.15) is 0 Å². The minimum Gasteiger partial charge on any atom is -0.344 e. The summed E-state index contributed by atoms with van der Waals surface area (Å²) in [7, 11) is 0. The first-order chi connectivity index (χ1) is 12.6. The molecule has 3 N–H and O–H groups in total. The topological polar surface area (TPSA) is 72.4 Å². The molecule has 4 rings (SSSR count). The maximum atomic E-state index is 12.8. The lowest BCUT2D eigenvalue weighted by atomic mass is 9.97. The third-order valence-corrected chi connectivity index (χ3v) is 4.61. The molecule has 0 bridgehead atoms. The summed E-state index contributed by atoms with van der Waals surface area (Å²) in [6.07, 6.45) is 3.48. The van der Waals surface area contributed by atoms with Crippen LogP contribution in [0.2, 0.25) is 0 Å². The molecule has 2 heterocycles. The largest absolute Gasteiger partial charge is 0.344 e. The minimum atomic E-state index is -0.270. The summed E-state index contributed by atoms with van der Waals surface area (Å²) in [5.41, 5.74) is 8.65. The van der Waals surface area contributed by atoms with Crippen LogP contribution in [0.3, 0.4) is 0 Å². The molecule has 0 fully saturated rings. The SMILES string of the molecule is CC(N)C(NC(=O)c1ccn2nccc2c1)c1ccc2ccccc2c1. The lowest BCUT2D eigenvalue weighted by Gasteiger charge is -2.23. The quantitative estimate of drug-likeness (QED) is 0.596. The number of nitrogens with one attached hydrogen (secondary N) is 1. The van der Waals surface area contributed by atoms with Gasteiger partial charge in [0.2, 0.25) is 0 Å². The van der Waals surface area contributed by atoms with E-state index in [0.717, 1.165) is 21.9 Å². The Hall–Kier alpha value is -3.18. The number of carbonyl (C=O) groups is 1. The van der Waals surface area contributed by atoms with Crippen LogP contribution in [0.1, 0.15) is 28.9 Å². The van der Waals surface area contributed by atoms with Gasteiger partial charge < -0.3 is 11.1 Å². The molecule has 2 unspecified atom stereocenters. The number of fused-ring (bicyclic) bond motifs is 2. The maximum absolute atomic E-state index is 12.8. The van der Waals surface area contributed by atoms with Gasteiger partial charge in [-0.3, -0.25) is 4.79 Å². The van der Waals surface area contributed by atoms with Crippen LogP contribution >= 0.6 is 0 Å². The van der Waals surface area contributed by atoms with Crippen molar-refractivity contribution in [1.29, 1.82) is 0 Å². The molecule has 0 radical (unpaired) electrons. The smallest absolute Gasteiger partial charge is 0.251 e. The van der Waals surface area contributed by atoms with Crippen molar-refractivity contribution in [3.05, 3.63) is 84.2 Å². The van der Waals surface area contributed by atoms with Crippen LogP contribution < -0.4 is 11.1 Å². The Morgan fingerprint density at radius 1 is 1.08 bits per heavy atom. The van der Waals surface area contributed by atoms with Crippen LogP contribution in [0.4, 0.5) is 0 Å². The van der Waals surface area contributed by atoms with Crippen LogP contribution in [0.5, 0.6) is 0 Å². The van der Waals surface area contributed by atoms with Gasteiger partial charge in [0.15, 0.2) is 0 Å². The van der Waals surface area contributed by atoms with Crippen molar-refractivity contribution in [2.24, 2.45) is 5.73 Å². The van der Waals surface area contributed by atoms with E-state index in [1.807, 2.05) is 37.3 Å². The maximum Gasteiger partial charge on any atom is 0.251 e. The summed E-state index contributed by atoms with van der Waals surface area (Å²) in [6.45, 7) is 1.90. The fraction of sp³-hybridized carbons (Fsp3) is 0.143. The summed E-state index contributed by atoms with van der Waals surface area (Å²) in [5.74, 6) is -0.149. The van der Waals surface area contributed by atoms with Gasteiger partial charge in [-0.25, -0.2) is 4.52 Å². The Morgan fingerprint density at radius 3 is 2.69 bits per heavy atom. The molecular formula is C21H20N4O. The third kappa shape index (κ3) is 3.05. The summed E-state index contributed by atoms with van der Waals surface area (Å²) in [4.78, 5) is 12.8. The Labute approximate surface area is 151 Å². The molecule has 0 saturated carbocycles. The molecule has 0 aliphatic rings. The second-order valence-corrected chi connectivity index (χ2v) is 6.53. The van der Waals surface area contributed by atoms with Crippen molar-refractivity contribution >= 4 is 22.2 Å². The Morgan fingerprint density at radius 2 is 1.88 bits per heavy atom. The Kier molecular flexibility index (Phi) is 4.14. The molecule has 26 heavy (non-hydrogen) atoms. The highest BCUT2D eigenvalue weighted by atomic mass is 16.1. The van der Waals surface area contributed by atoms with E-state index in [9.17, 15) is 4.79 Å². The molecule has 0 spiro atoms. The Balaban J connectivity index is 1.64. The zero-order valence-corrected chi connectivity index (χ0v) is 14.5. The van der Waals surface area contributed by atoms with E-state index >= 15 is 0 Å². The fourth-order valence-electron chi connectivity index (χ4n) is 3.21. The average molecular weight is 344 g/mol. The van der Waals surface area contributed by atoms with Crippen molar-refractivity contribution in [2.75, 3.05) is 0 Å². The van der Waals surface area contributed by atoms with E-state index in [-0.39, 0.29) is 18.0 Å². The summed E-state index contributed by atoms with van der Waals surface area (Å²) in [5, 5.41) is 9.52. The van der Waals surface area contributed by atoms with Crippen LogP contribution in [0.15, 0.2) is 73.1 Å². The number of benzene rings is 2. The summed E-state index contributed by atoms with van der Waals surface area (Å²) in [6, 6.07) is 19.3. The number of hydrogen-bond donors (Lipinski definition) is 2. The molecule has 2 aromatic heterocycles. The van der Waals surface area contributed by atoms with Gasteiger partial charge in [0.25, 0.3) is 5.91 Å². The predicted octanol–water partition coefficient (Wildman–Crippen LogP) is 3.31. The van der Waals surface area contributed by atoms with E-state index in [4.69, 9.17) is 5.73 Å². The summed E-state index contributed by atoms with van der Waals surface area (Å²) >= 11 is 0. The first kappa shape index (κ1) is 16.3. The first-order valence-electron chi connectivity index (χ1n) is 8.60. The van der Waals surface area contributed by atoms with E-state index in [1.54, 1.807) is 23.0 Å². The van der Waals surface area contributed by atoms with Gasteiger partial charge in [0, 0.05) is 24.0 Å². The molecular weight excluding hydrogens is 324 g/mol. The second-order valence-electron chi connectivity index (χ2n) is 6.53. The van der Waals surface area contributed by atoms with E-state index in [1.165, 1.54) is 0 Å². The zero-order chi connectivity index (χ0) is 18.1. The van der Waals surface area contributed by atoms with Gasteiger partial charge >= 0.3 is 0 Å². The zero-order valence-electron chi connectivity index (χ0n) is 14.5. The van der Waals surface area contributed by atoms with Crippen molar-refractivity contribution in [3.63, 3.8) is 0 Å². The lowest BCUT2D eigenvalue weighted by Crippen LogP contribution is -2.39. The molecule has 130 valence electrons. The van der Waals surface area contributed by atoms with Crippen molar-refractivity contribution in [1.82, 2.24) is 14.9 Å². The minimum absolute atomic E-state index is 0.149. The lowest BCUT2D eigenvalue weighted by molar-refractivity contribution is 0.0931. The second kappa shape index (κ2) is 6.61. The first-order valence-corrected chi connectivity index (χ1v) is 8.60. The van der Waals surface area contributed by atoms with Crippen LogP contribution in [-0.2, 0) is 0 Å². The van der Waals surface area contributed by atoms with Gasteiger partial charge in [-0.15, -0.1) is 0 Å². The monoisotopic (exact) mass is 344 g/mol. The molecule has 2 atom stereocenters. The molecule has 0 saturated heterocycles. The van der Waals surface area contributed by atoms with Crippen molar-refractivity contribution in [2.45, 2.75) is 19.0 Å². The molecule has 1 amide bonds. The van der Waals surface area contributed by atoms with Crippen LogP contribution in [-0.4, -0.2) is 21.6 Å². The summed E-state index contributed by atoms with van der Waals surface area (Å²) < 4.78 is 1.73. The molecule has 0 aliphatic carbocycles. The number of hydrogen-bond acceptors (Lipinski definition) is 3. The highest BCUT2D eigenvalue weighted by Gasteiger charge is 2.20. The van der Waals surface area contributed by atoms with Crippen molar-refractivity contribution < 1.29 is 4.79 Å². The van der Waals surface area contributed by atoms with Gasteiger partial charge in [-0.05, 0) is 47.5 Å². The van der Waals surface area contributed by atoms with Gasteiger partial charge in [-0.1, -0.05) is 36.4 Å². The molecule has 0 aliphatic heterocycles. The number of pyridine rings is 1. The standard InChI is InChI=1S/C21H20N4O/c1-14(22)20(17-7-6-15-4-2-3-5-16(15)12-17)24-21(26)18-9-11-25-19(13-18)8-10-23-25/h2-14,20H,22H2,1H3,(H,24,26). The molecule has 5 nitrogen and oxygen atoms in total. The molecule has 2 aromatic carbocycles. The van der Waals surface area contributed by atoms with Gasteiger partial charge in [0.05, 0.1) is 11.6 Å². The number of nitrogens with two attached hydrogens (primary N) is 1. The molecule has 5 heteroatoms. The number of nitrogens with zero attached hydrogens (tertiary/aromatic N) is 2. The van der Waals surface area contributed by atoms with Crippen LogP contribution in [0, 0.1) is 0 Å². The predicted molar refractivity (Wildman–Crippen MR) is 103 cm³/mol. The molecule has 4 aromatic rings. The van der Waals surface area contributed by atoms with Crippen LogP contribution in [0.25, 0.3) is 16.3 Å². The van der Waals surface area contributed by atoms with Crippen molar-refractivity contribution in [3.8, 4) is 0 Å². The van der Waals surface area contributed by atoms with E-state index < -0.39 is 0 Å². The number of aromatic nitrogens is 2. The Bertz CT molecular complexity index is 1080. The highest BCUT2D eigenvalue weighted by Crippen LogP contribution is 2.22. The fourth-order valence-corrected chi connectivity index (χ4v) is 3.21. The normalized spacial score (nSPS) is 13.6. The van der Waals surface area contributed by atoms with Gasteiger partial charge in [-0.2, -0.15) is 5.10 Å². The third-order valence-electron chi connectivity index (χ3n) is 4.61. The van der Waals surface area contributed by atoms with E-state index in [0.29, 0.717) is 5.56 Å². The highest BCUT2D eigenvalue weighted by molar-refractivity contribution is 5.95. The average Bonchev–Trinajstić information content (AvgIpc) is 3.13. The number of amides is 1. The van der Waals surface area contributed by atoms with E-state index in [2.05, 4.69) is 34.7 Å². The number of carbonyl (C=O) groups excluding carboxylic acids is 1. The number of rotatable bonds is 4.